The van der Waals surface area contributed by atoms with Crippen molar-refractivity contribution >= 4 is 11.8 Å². The molecule has 2 heterocycles. The van der Waals surface area contributed by atoms with Gasteiger partial charge in [-0.2, -0.15) is 0 Å². The van der Waals surface area contributed by atoms with Crippen LogP contribution in [0.15, 0.2) is 0 Å². The lowest BCUT2D eigenvalue weighted by Crippen LogP contribution is -2.41. The van der Waals surface area contributed by atoms with E-state index in [0.29, 0.717) is 13.0 Å². The average molecular weight is 253 g/mol. The van der Waals surface area contributed by atoms with Crippen LogP contribution in [0.25, 0.3) is 0 Å². The number of hydrogen-bond donors (Lipinski definition) is 2. The maximum absolute atomic E-state index is 11.8. The number of amides is 2. The molecule has 2 rings (SSSR count). The van der Waals surface area contributed by atoms with E-state index in [9.17, 15) is 9.59 Å². The fourth-order valence-electron chi connectivity index (χ4n) is 2.64. The van der Waals surface area contributed by atoms with Gasteiger partial charge in [-0.25, -0.2) is 0 Å². The van der Waals surface area contributed by atoms with Crippen molar-refractivity contribution < 1.29 is 9.59 Å². The summed E-state index contributed by atoms with van der Waals surface area (Å²) in [6, 6.07) is 0. The van der Waals surface area contributed by atoms with Crippen molar-refractivity contribution in [1.29, 1.82) is 0 Å². The van der Waals surface area contributed by atoms with Gasteiger partial charge in [-0.05, 0) is 32.2 Å². The third-order valence-corrected chi connectivity index (χ3v) is 3.76. The molecule has 0 aliphatic carbocycles. The normalized spacial score (nSPS) is 24.0. The number of likely N-dealkylation sites (tertiary alicyclic amines) is 1. The minimum absolute atomic E-state index is 0.0839. The summed E-state index contributed by atoms with van der Waals surface area (Å²) < 4.78 is 0. The Balaban J connectivity index is 1.62. The smallest absolute Gasteiger partial charge is 0.224 e. The highest BCUT2D eigenvalue weighted by molar-refractivity contribution is 5.80. The van der Waals surface area contributed by atoms with E-state index >= 15 is 0 Å². The molecule has 102 valence electrons. The van der Waals surface area contributed by atoms with Crippen LogP contribution in [0, 0.1) is 5.92 Å². The molecule has 0 spiro atoms. The highest BCUT2D eigenvalue weighted by atomic mass is 16.2. The monoisotopic (exact) mass is 253 g/mol. The van der Waals surface area contributed by atoms with Crippen LogP contribution < -0.4 is 10.6 Å². The Labute approximate surface area is 108 Å². The van der Waals surface area contributed by atoms with E-state index in [4.69, 9.17) is 0 Å². The predicted octanol–water partition coefficient (Wildman–Crippen LogP) is 0.115. The van der Waals surface area contributed by atoms with E-state index in [1.54, 1.807) is 0 Å². The van der Waals surface area contributed by atoms with Gasteiger partial charge in [0.25, 0.3) is 0 Å². The fraction of sp³-hybridized carbons (Fsp3) is 0.846. The molecule has 5 heteroatoms. The highest BCUT2D eigenvalue weighted by Crippen LogP contribution is 2.10. The molecular formula is C13H23N3O2. The third-order valence-electron chi connectivity index (χ3n) is 3.76. The number of rotatable bonds is 4. The number of nitrogens with zero attached hydrogens (tertiary/aromatic N) is 1. The highest BCUT2D eigenvalue weighted by Gasteiger charge is 2.21. The summed E-state index contributed by atoms with van der Waals surface area (Å²) in [6.45, 7) is 4.03. The van der Waals surface area contributed by atoms with Gasteiger partial charge < -0.3 is 15.5 Å². The van der Waals surface area contributed by atoms with Gasteiger partial charge in [0.05, 0.1) is 5.92 Å². The van der Waals surface area contributed by atoms with E-state index in [0.717, 1.165) is 51.9 Å². The Kier molecular flexibility index (Phi) is 4.99. The molecule has 0 saturated carbocycles. The number of piperidine rings is 1. The first kappa shape index (κ1) is 13.3. The first-order valence-corrected chi connectivity index (χ1v) is 7.03. The second-order valence-electron chi connectivity index (χ2n) is 5.17. The molecule has 1 unspecified atom stereocenters. The van der Waals surface area contributed by atoms with E-state index in [2.05, 4.69) is 10.6 Å². The third kappa shape index (κ3) is 3.70. The zero-order valence-corrected chi connectivity index (χ0v) is 10.9. The Morgan fingerprint density at radius 2 is 2.00 bits per heavy atom. The molecule has 2 saturated heterocycles. The number of carbonyl (C=O) groups excluding carboxylic acids is 2. The van der Waals surface area contributed by atoms with Crippen LogP contribution in [0.5, 0.6) is 0 Å². The number of nitrogens with one attached hydrogen (secondary N) is 2. The lowest BCUT2D eigenvalue weighted by Gasteiger charge is -2.22. The number of carbonyl (C=O) groups is 2. The molecule has 0 bridgehead atoms. The molecule has 5 nitrogen and oxygen atoms in total. The lowest BCUT2D eigenvalue weighted by atomic mass is 9.99. The van der Waals surface area contributed by atoms with Crippen molar-refractivity contribution in [3.8, 4) is 0 Å². The standard InChI is InChI=1S/C13H23N3O2/c17-12(16-8-1-2-9-16)5-7-15-13(18)11-4-3-6-14-10-11/h11,14H,1-10H2,(H,15,18). The maximum atomic E-state index is 11.8. The van der Waals surface area contributed by atoms with Gasteiger partial charge in [-0.3, -0.25) is 9.59 Å². The summed E-state index contributed by atoms with van der Waals surface area (Å²) in [5.41, 5.74) is 0. The first-order chi connectivity index (χ1) is 8.77. The van der Waals surface area contributed by atoms with Crippen molar-refractivity contribution in [2.45, 2.75) is 32.1 Å². The van der Waals surface area contributed by atoms with Crippen molar-refractivity contribution in [3.63, 3.8) is 0 Å². The molecule has 0 aromatic heterocycles. The summed E-state index contributed by atoms with van der Waals surface area (Å²) in [5, 5.41) is 6.10. The Morgan fingerprint density at radius 3 is 2.67 bits per heavy atom. The van der Waals surface area contributed by atoms with Crippen molar-refractivity contribution in [2.24, 2.45) is 5.92 Å². The van der Waals surface area contributed by atoms with Crippen LogP contribution >= 0.6 is 0 Å². The van der Waals surface area contributed by atoms with E-state index in [1.165, 1.54) is 0 Å². The SMILES string of the molecule is O=C(NCCC(=O)N1CCCC1)C1CCCNC1. The van der Waals surface area contributed by atoms with Crippen molar-refractivity contribution in [1.82, 2.24) is 15.5 Å². The summed E-state index contributed by atoms with van der Waals surface area (Å²) >= 11 is 0. The summed E-state index contributed by atoms with van der Waals surface area (Å²) in [4.78, 5) is 25.5. The Bertz CT molecular complexity index is 295. The van der Waals surface area contributed by atoms with Crippen LogP contribution in [0.2, 0.25) is 0 Å². The van der Waals surface area contributed by atoms with Crippen molar-refractivity contribution in [2.75, 3.05) is 32.7 Å². The van der Waals surface area contributed by atoms with Gasteiger partial charge in [0.15, 0.2) is 0 Å². The van der Waals surface area contributed by atoms with Crippen LogP contribution in [-0.4, -0.2) is 49.4 Å². The molecule has 2 amide bonds. The van der Waals surface area contributed by atoms with Gasteiger partial charge in [0.1, 0.15) is 0 Å². The Hall–Kier alpha value is -1.10. The minimum atomic E-state index is 0.0839. The van der Waals surface area contributed by atoms with Gasteiger partial charge >= 0.3 is 0 Å². The second kappa shape index (κ2) is 6.73. The summed E-state index contributed by atoms with van der Waals surface area (Å²) in [6.07, 6.45) is 4.69. The van der Waals surface area contributed by atoms with E-state index in [1.807, 2.05) is 4.90 Å². The molecule has 18 heavy (non-hydrogen) atoms. The molecule has 2 N–H and O–H groups in total. The summed E-state index contributed by atoms with van der Waals surface area (Å²) in [7, 11) is 0. The van der Waals surface area contributed by atoms with Crippen LogP contribution in [-0.2, 0) is 9.59 Å². The van der Waals surface area contributed by atoms with Gasteiger partial charge in [0, 0.05) is 32.6 Å². The van der Waals surface area contributed by atoms with Crippen LogP contribution in [0.4, 0.5) is 0 Å². The molecule has 2 aliphatic rings. The van der Waals surface area contributed by atoms with E-state index < -0.39 is 0 Å². The zero-order chi connectivity index (χ0) is 12.8. The predicted molar refractivity (Wildman–Crippen MR) is 69.0 cm³/mol. The maximum Gasteiger partial charge on any atom is 0.224 e. The fourth-order valence-corrected chi connectivity index (χ4v) is 2.64. The zero-order valence-electron chi connectivity index (χ0n) is 10.9. The molecule has 0 aromatic carbocycles. The van der Waals surface area contributed by atoms with Gasteiger partial charge in [-0.15, -0.1) is 0 Å². The van der Waals surface area contributed by atoms with Crippen LogP contribution in [0.1, 0.15) is 32.1 Å². The van der Waals surface area contributed by atoms with Crippen molar-refractivity contribution in [3.05, 3.63) is 0 Å². The molecular weight excluding hydrogens is 230 g/mol. The molecule has 0 aromatic rings. The van der Waals surface area contributed by atoms with Gasteiger partial charge in [-0.1, -0.05) is 0 Å². The largest absolute Gasteiger partial charge is 0.355 e. The Morgan fingerprint density at radius 1 is 1.22 bits per heavy atom. The lowest BCUT2D eigenvalue weighted by molar-refractivity contribution is -0.130. The minimum Gasteiger partial charge on any atom is -0.355 e. The topological polar surface area (TPSA) is 61.4 Å². The molecule has 2 aliphatic heterocycles. The molecule has 1 atom stereocenters. The second-order valence-corrected chi connectivity index (χ2v) is 5.17. The quantitative estimate of drug-likeness (QED) is 0.748. The summed E-state index contributed by atoms with van der Waals surface area (Å²) in [5.74, 6) is 0.353. The molecule has 2 fully saturated rings. The number of hydrogen-bond acceptors (Lipinski definition) is 3. The average Bonchev–Trinajstić information content (AvgIpc) is 2.93. The van der Waals surface area contributed by atoms with Crippen LogP contribution in [0.3, 0.4) is 0 Å². The van der Waals surface area contributed by atoms with Gasteiger partial charge in [0.2, 0.25) is 11.8 Å². The first-order valence-electron chi connectivity index (χ1n) is 7.03. The molecule has 0 radical (unpaired) electrons. The van der Waals surface area contributed by atoms with E-state index in [-0.39, 0.29) is 17.7 Å².